The lowest BCUT2D eigenvalue weighted by atomic mass is 9.94. The molecule has 0 radical (unpaired) electrons. The van der Waals surface area contributed by atoms with E-state index in [1.165, 1.54) is 57.5 Å². The molecule has 1 aliphatic heterocycles. The second kappa shape index (κ2) is 5.94. The molecule has 2 nitrogen and oxygen atoms in total. The van der Waals surface area contributed by atoms with Crippen LogP contribution in [0, 0.1) is 5.92 Å². The van der Waals surface area contributed by atoms with Crippen LogP contribution in [0.1, 0.15) is 46.0 Å². The van der Waals surface area contributed by atoms with E-state index in [2.05, 4.69) is 30.5 Å². The Morgan fingerprint density at radius 1 is 1.24 bits per heavy atom. The highest BCUT2D eigenvalue weighted by atomic mass is 32.2. The van der Waals surface area contributed by atoms with E-state index in [9.17, 15) is 0 Å². The standard InChI is InChI=1S/C14H28N2S/c1-14(2)11-16(8-9-17-14)10-12-6-4-3-5-7-13(12)15/h12-13H,3-11,15H2,1-2H3. The minimum absolute atomic E-state index is 0.438. The van der Waals surface area contributed by atoms with Gasteiger partial charge in [0.25, 0.3) is 0 Å². The zero-order valence-corrected chi connectivity index (χ0v) is 12.3. The number of rotatable bonds is 2. The van der Waals surface area contributed by atoms with E-state index in [0.717, 1.165) is 5.92 Å². The van der Waals surface area contributed by atoms with E-state index >= 15 is 0 Å². The zero-order valence-electron chi connectivity index (χ0n) is 11.5. The van der Waals surface area contributed by atoms with Gasteiger partial charge in [-0.1, -0.05) is 19.3 Å². The van der Waals surface area contributed by atoms with E-state index in [0.29, 0.717) is 10.8 Å². The summed E-state index contributed by atoms with van der Waals surface area (Å²) in [4.78, 5) is 2.66. The van der Waals surface area contributed by atoms with Gasteiger partial charge < -0.3 is 10.6 Å². The monoisotopic (exact) mass is 256 g/mol. The number of nitrogens with two attached hydrogens (primary N) is 1. The third-order valence-corrected chi connectivity index (χ3v) is 5.51. The average molecular weight is 256 g/mol. The largest absolute Gasteiger partial charge is 0.327 e. The molecule has 0 aromatic rings. The number of thioether (sulfide) groups is 1. The first-order valence-electron chi connectivity index (χ1n) is 7.19. The Morgan fingerprint density at radius 3 is 2.76 bits per heavy atom. The van der Waals surface area contributed by atoms with Gasteiger partial charge >= 0.3 is 0 Å². The molecule has 2 rings (SSSR count). The van der Waals surface area contributed by atoms with Crippen molar-refractivity contribution in [2.24, 2.45) is 11.7 Å². The van der Waals surface area contributed by atoms with Crippen molar-refractivity contribution in [3.63, 3.8) is 0 Å². The highest BCUT2D eigenvalue weighted by Gasteiger charge is 2.30. The molecule has 0 amide bonds. The molecule has 3 heteroatoms. The Morgan fingerprint density at radius 2 is 2.00 bits per heavy atom. The lowest BCUT2D eigenvalue weighted by Crippen LogP contribution is -2.47. The molecule has 0 aromatic carbocycles. The Balaban J connectivity index is 1.86. The molecule has 1 saturated heterocycles. The molecular formula is C14H28N2S. The first kappa shape index (κ1) is 13.7. The van der Waals surface area contributed by atoms with Crippen LogP contribution in [0.4, 0.5) is 0 Å². The zero-order chi connectivity index (χ0) is 12.3. The first-order chi connectivity index (χ1) is 8.07. The van der Waals surface area contributed by atoms with E-state index < -0.39 is 0 Å². The number of nitrogens with zero attached hydrogens (tertiary/aromatic N) is 1. The minimum Gasteiger partial charge on any atom is -0.327 e. The molecule has 0 bridgehead atoms. The van der Waals surface area contributed by atoms with Crippen LogP contribution in [0.15, 0.2) is 0 Å². The maximum Gasteiger partial charge on any atom is 0.0231 e. The SMILES string of the molecule is CC1(C)CN(CC2CCCCCC2N)CCS1. The van der Waals surface area contributed by atoms with Gasteiger partial charge in [0.15, 0.2) is 0 Å². The van der Waals surface area contributed by atoms with E-state index in [4.69, 9.17) is 5.73 Å². The van der Waals surface area contributed by atoms with Gasteiger partial charge in [0, 0.05) is 36.2 Å². The Hall–Kier alpha value is 0.270. The van der Waals surface area contributed by atoms with Gasteiger partial charge in [-0.05, 0) is 32.6 Å². The van der Waals surface area contributed by atoms with Crippen molar-refractivity contribution >= 4 is 11.8 Å². The third-order valence-electron chi connectivity index (χ3n) is 4.22. The van der Waals surface area contributed by atoms with E-state index in [1.54, 1.807) is 0 Å². The molecule has 100 valence electrons. The summed E-state index contributed by atoms with van der Waals surface area (Å²) in [6.45, 7) is 8.48. The van der Waals surface area contributed by atoms with Crippen molar-refractivity contribution in [1.82, 2.24) is 4.90 Å². The average Bonchev–Trinajstić information content (AvgIpc) is 2.43. The van der Waals surface area contributed by atoms with Gasteiger partial charge in [-0.3, -0.25) is 0 Å². The second-order valence-corrected chi connectivity index (χ2v) is 8.21. The fraction of sp³-hybridized carbons (Fsp3) is 1.00. The summed E-state index contributed by atoms with van der Waals surface area (Å²) in [7, 11) is 0. The molecule has 1 saturated carbocycles. The molecule has 2 aliphatic rings. The van der Waals surface area contributed by atoms with Gasteiger partial charge in [-0.2, -0.15) is 11.8 Å². The molecule has 0 aromatic heterocycles. The topological polar surface area (TPSA) is 29.3 Å². The highest BCUT2D eigenvalue weighted by Crippen LogP contribution is 2.31. The third kappa shape index (κ3) is 4.15. The van der Waals surface area contributed by atoms with Gasteiger partial charge in [0.2, 0.25) is 0 Å². The van der Waals surface area contributed by atoms with Crippen LogP contribution in [0.3, 0.4) is 0 Å². The summed E-state index contributed by atoms with van der Waals surface area (Å²) in [6, 6.07) is 0.454. The van der Waals surface area contributed by atoms with Crippen LogP contribution >= 0.6 is 11.8 Å². The summed E-state index contributed by atoms with van der Waals surface area (Å²) >= 11 is 2.12. The molecule has 0 spiro atoms. The molecular weight excluding hydrogens is 228 g/mol. The van der Waals surface area contributed by atoms with Gasteiger partial charge in [0.05, 0.1) is 0 Å². The smallest absolute Gasteiger partial charge is 0.0231 e. The fourth-order valence-electron chi connectivity index (χ4n) is 3.24. The van der Waals surface area contributed by atoms with Crippen molar-refractivity contribution in [2.45, 2.75) is 56.7 Å². The fourth-order valence-corrected chi connectivity index (χ4v) is 4.42. The summed E-state index contributed by atoms with van der Waals surface area (Å²) < 4.78 is 0.438. The van der Waals surface area contributed by atoms with Crippen molar-refractivity contribution in [2.75, 3.05) is 25.4 Å². The van der Waals surface area contributed by atoms with E-state index in [-0.39, 0.29) is 0 Å². The summed E-state index contributed by atoms with van der Waals surface area (Å²) in [5, 5.41) is 0. The molecule has 2 unspecified atom stereocenters. The van der Waals surface area contributed by atoms with Gasteiger partial charge in [0.1, 0.15) is 0 Å². The molecule has 1 aliphatic carbocycles. The predicted molar refractivity (Wildman–Crippen MR) is 77.5 cm³/mol. The highest BCUT2D eigenvalue weighted by molar-refractivity contribution is 8.00. The number of hydrogen-bond acceptors (Lipinski definition) is 3. The van der Waals surface area contributed by atoms with Crippen LogP contribution in [-0.4, -0.2) is 41.1 Å². The van der Waals surface area contributed by atoms with Crippen molar-refractivity contribution in [3.05, 3.63) is 0 Å². The quantitative estimate of drug-likeness (QED) is 0.770. The summed E-state index contributed by atoms with van der Waals surface area (Å²) in [6.07, 6.45) is 6.73. The Labute approximate surface area is 111 Å². The lowest BCUT2D eigenvalue weighted by Gasteiger charge is -2.39. The normalized spacial score (nSPS) is 35.5. The maximum absolute atomic E-state index is 6.33. The van der Waals surface area contributed by atoms with Crippen LogP contribution in [0.2, 0.25) is 0 Å². The van der Waals surface area contributed by atoms with Crippen LogP contribution in [-0.2, 0) is 0 Å². The predicted octanol–water partition coefficient (Wildman–Crippen LogP) is 2.72. The van der Waals surface area contributed by atoms with Crippen molar-refractivity contribution < 1.29 is 0 Å². The van der Waals surface area contributed by atoms with Crippen LogP contribution in [0.5, 0.6) is 0 Å². The second-order valence-electron chi connectivity index (χ2n) is 6.41. The molecule has 2 N–H and O–H groups in total. The number of hydrogen-bond donors (Lipinski definition) is 1. The minimum atomic E-state index is 0.438. The first-order valence-corrected chi connectivity index (χ1v) is 8.17. The van der Waals surface area contributed by atoms with Crippen molar-refractivity contribution in [3.8, 4) is 0 Å². The van der Waals surface area contributed by atoms with Gasteiger partial charge in [-0.15, -0.1) is 0 Å². The molecule has 2 atom stereocenters. The maximum atomic E-state index is 6.33. The van der Waals surface area contributed by atoms with Crippen LogP contribution in [0.25, 0.3) is 0 Å². The lowest BCUT2D eigenvalue weighted by molar-refractivity contribution is 0.199. The molecule has 17 heavy (non-hydrogen) atoms. The Kier molecular flexibility index (Phi) is 4.79. The summed E-state index contributed by atoms with van der Waals surface area (Å²) in [5.74, 6) is 2.03. The molecule has 1 heterocycles. The van der Waals surface area contributed by atoms with Crippen molar-refractivity contribution in [1.29, 1.82) is 0 Å². The molecule has 2 fully saturated rings. The van der Waals surface area contributed by atoms with E-state index in [1.807, 2.05) is 0 Å². The van der Waals surface area contributed by atoms with Crippen LogP contribution < -0.4 is 5.73 Å². The Bertz CT molecular complexity index is 242. The summed E-state index contributed by atoms with van der Waals surface area (Å²) in [5.41, 5.74) is 6.33. The van der Waals surface area contributed by atoms with Gasteiger partial charge in [-0.25, -0.2) is 0 Å².